The fourth-order valence-electron chi connectivity index (χ4n) is 3.74. The Kier molecular flexibility index (Phi) is 6.85. The number of nitrogens with zero attached hydrogens (tertiary/aromatic N) is 1. The van der Waals surface area contributed by atoms with Crippen LogP contribution in [0.3, 0.4) is 0 Å². The molecule has 178 valence electrons. The van der Waals surface area contributed by atoms with Crippen molar-refractivity contribution in [1.29, 1.82) is 0 Å². The Morgan fingerprint density at radius 3 is 2.47 bits per heavy atom. The monoisotopic (exact) mass is 484 g/mol. The molecule has 1 aliphatic heterocycles. The molecule has 3 aromatic carbocycles. The lowest BCUT2D eigenvalue weighted by Gasteiger charge is -2.20. The van der Waals surface area contributed by atoms with Crippen LogP contribution in [-0.2, 0) is 21.2 Å². The highest BCUT2D eigenvalue weighted by Gasteiger charge is 2.30. The molecular weight excluding hydrogens is 459 g/mol. The molecule has 9 heteroatoms. The third-order valence-corrected chi connectivity index (χ3v) is 7.58. The summed E-state index contributed by atoms with van der Waals surface area (Å²) in [6, 6.07) is 17.0. The smallest absolute Gasteiger partial charge is 0.265 e. The number of sulfonamides is 1. The Bertz CT molecular complexity index is 1270. The summed E-state index contributed by atoms with van der Waals surface area (Å²) in [5, 5.41) is 2.76. The lowest BCUT2D eigenvalue weighted by molar-refractivity contribution is -0.122. The van der Waals surface area contributed by atoms with E-state index in [2.05, 4.69) is 5.32 Å². The molecule has 0 saturated carbocycles. The molecule has 0 aliphatic carbocycles. The standard InChI is InChI=1S/C25H25FN2O5S/c1-3-28(4-2)34(30,31)20-13-14-23(32-19-11-9-18(26)10-12-19)21(16-20)27-25(29)24-15-17-7-5-6-8-22(17)33-24/h5-14,16,24H,3-4,15H2,1-2H3,(H,27,29). The molecule has 1 unspecified atom stereocenters. The van der Waals surface area contributed by atoms with Gasteiger partial charge in [0.15, 0.2) is 11.9 Å². The first kappa shape index (κ1) is 23.7. The summed E-state index contributed by atoms with van der Waals surface area (Å²) >= 11 is 0. The zero-order valence-electron chi connectivity index (χ0n) is 18.8. The Morgan fingerprint density at radius 2 is 1.79 bits per heavy atom. The van der Waals surface area contributed by atoms with Gasteiger partial charge in [-0.2, -0.15) is 4.31 Å². The van der Waals surface area contributed by atoms with Gasteiger partial charge in [0.25, 0.3) is 5.91 Å². The van der Waals surface area contributed by atoms with Gasteiger partial charge in [0.05, 0.1) is 10.6 Å². The van der Waals surface area contributed by atoms with Crippen molar-refractivity contribution in [2.45, 2.75) is 31.3 Å². The lowest BCUT2D eigenvalue weighted by atomic mass is 10.1. The molecule has 1 N–H and O–H groups in total. The molecule has 1 atom stereocenters. The van der Waals surface area contributed by atoms with Crippen molar-refractivity contribution in [3.8, 4) is 17.2 Å². The first-order valence-corrected chi connectivity index (χ1v) is 12.4. The van der Waals surface area contributed by atoms with Crippen LogP contribution in [-0.4, -0.2) is 37.8 Å². The predicted octanol–water partition coefficient (Wildman–Crippen LogP) is 4.59. The Balaban J connectivity index is 1.65. The number of ether oxygens (including phenoxy) is 2. The van der Waals surface area contributed by atoms with Gasteiger partial charge in [0.2, 0.25) is 10.0 Å². The number of benzene rings is 3. The van der Waals surface area contributed by atoms with E-state index < -0.39 is 27.9 Å². The van der Waals surface area contributed by atoms with Crippen LogP contribution in [0, 0.1) is 5.82 Å². The molecule has 0 radical (unpaired) electrons. The van der Waals surface area contributed by atoms with Crippen molar-refractivity contribution in [3.63, 3.8) is 0 Å². The molecule has 1 amide bonds. The van der Waals surface area contributed by atoms with Crippen LogP contribution in [0.15, 0.2) is 71.6 Å². The van der Waals surface area contributed by atoms with Gasteiger partial charge < -0.3 is 14.8 Å². The van der Waals surface area contributed by atoms with E-state index in [9.17, 15) is 17.6 Å². The van der Waals surface area contributed by atoms with Crippen molar-refractivity contribution in [3.05, 3.63) is 78.1 Å². The van der Waals surface area contributed by atoms with Crippen LogP contribution in [0.1, 0.15) is 19.4 Å². The average molecular weight is 485 g/mol. The number of para-hydroxylation sites is 1. The third kappa shape index (κ3) is 4.90. The van der Waals surface area contributed by atoms with E-state index in [4.69, 9.17) is 9.47 Å². The maximum atomic E-state index is 13.3. The van der Waals surface area contributed by atoms with E-state index in [1.807, 2.05) is 18.2 Å². The van der Waals surface area contributed by atoms with E-state index in [-0.39, 0.29) is 16.3 Å². The number of amides is 1. The minimum Gasteiger partial charge on any atom is -0.480 e. The number of fused-ring (bicyclic) bond motifs is 1. The van der Waals surface area contributed by atoms with E-state index >= 15 is 0 Å². The van der Waals surface area contributed by atoms with E-state index in [1.54, 1.807) is 19.9 Å². The van der Waals surface area contributed by atoms with Crippen LogP contribution in [0.25, 0.3) is 0 Å². The van der Waals surface area contributed by atoms with Gasteiger partial charge in [-0.25, -0.2) is 12.8 Å². The highest BCUT2D eigenvalue weighted by molar-refractivity contribution is 7.89. The molecule has 34 heavy (non-hydrogen) atoms. The van der Waals surface area contributed by atoms with E-state index in [0.29, 0.717) is 31.0 Å². The quantitative estimate of drug-likeness (QED) is 0.506. The molecule has 0 aromatic heterocycles. The topological polar surface area (TPSA) is 84.9 Å². The molecule has 0 spiro atoms. The van der Waals surface area contributed by atoms with Crippen LogP contribution in [0.5, 0.6) is 17.2 Å². The molecule has 3 aromatic rings. The van der Waals surface area contributed by atoms with Crippen LogP contribution < -0.4 is 14.8 Å². The van der Waals surface area contributed by atoms with Gasteiger partial charge in [-0.3, -0.25) is 4.79 Å². The zero-order chi connectivity index (χ0) is 24.3. The number of anilines is 1. The van der Waals surface area contributed by atoms with Crippen molar-refractivity contribution in [1.82, 2.24) is 4.31 Å². The van der Waals surface area contributed by atoms with Gasteiger partial charge >= 0.3 is 0 Å². The molecular formula is C25H25FN2O5S. The van der Waals surface area contributed by atoms with Crippen LogP contribution >= 0.6 is 0 Å². The first-order chi connectivity index (χ1) is 16.3. The summed E-state index contributed by atoms with van der Waals surface area (Å²) in [6.07, 6.45) is -0.368. The SMILES string of the molecule is CCN(CC)S(=O)(=O)c1ccc(Oc2ccc(F)cc2)c(NC(=O)C2Cc3ccccc3O2)c1. The highest BCUT2D eigenvalue weighted by atomic mass is 32.2. The highest BCUT2D eigenvalue weighted by Crippen LogP contribution is 2.34. The summed E-state index contributed by atoms with van der Waals surface area (Å²) < 4.78 is 52.3. The van der Waals surface area contributed by atoms with Crippen molar-refractivity contribution in [2.75, 3.05) is 18.4 Å². The van der Waals surface area contributed by atoms with Gasteiger partial charge in [-0.1, -0.05) is 32.0 Å². The third-order valence-electron chi connectivity index (χ3n) is 5.53. The number of carbonyl (C=O) groups excluding carboxylic acids is 1. The van der Waals surface area contributed by atoms with E-state index in [1.165, 1.54) is 46.8 Å². The molecule has 0 bridgehead atoms. The fourth-order valence-corrected chi connectivity index (χ4v) is 5.22. The first-order valence-electron chi connectivity index (χ1n) is 10.9. The summed E-state index contributed by atoms with van der Waals surface area (Å²) in [6.45, 7) is 4.13. The summed E-state index contributed by atoms with van der Waals surface area (Å²) in [4.78, 5) is 13.1. The number of rotatable bonds is 8. The van der Waals surface area contributed by atoms with Crippen molar-refractivity contribution >= 4 is 21.6 Å². The Hall–Kier alpha value is -3.43. The maximum absolute atomic E-state index is 13.3. The number of hydrogen-bond acceptors (Lipinski definition) is 5. The van der Waals surface area contributed by atoms with Gasteiger partial charge in [-0.05, 0) is 54.1 Å². The number of hydrogen-bond donors (Lipinski definition) is 1. The lowest BCUT2D eigenvalue weighted by Crippen LogP contribution is -2.32. The zero-order valence-corrected chi connectivity index (χ0v) is 19.6. The minimum atomic E-state index is -3.77. The second-order valence-corrected chi connectivity index (χ2v) is 9.65. The van der Waals surface area contributed by atoms with Crippen molar-refractivity contribution < 1.29 is 27.1 Å². The Morgan fingerprint density at radius 1 is 1.09 bits per heavy atom. The molecule has 7 nitrogen and oxygen atoms in total. The summed E-state index contributed by atoms with van der Waals surface area (Å²) in [5.41, 5.74) is 1.09. The summed E-state index contributed by atoms with van der Waals surface area (Å²) in [5.74, 6) is 0.343. The molecule has 0 saturated heterocycles. The number of nitrogens with one attached hydrogen (secondary N) is 1. The number of halogens is 1. The minimum absolute atomic E-state index is 0.0218. The predicted molar refractivity (Wildman–Crippen MR) is 126 cm³/mol. The van der Waals surface area contributed by atoms with Gasteiger partial charge in [0, 0.05) is 19.5 Å². The largest absolute Gasteiger partial charge is 0.480 e. The van der Waals surface area contributed by atoms with Gasteiger partial charge in [-0.15, -0.1) is 0 Å². The normalized spacial score (nSPS) is 15.0. The molecule has 1 heterocycles. The Labute approximate surface area is 198 Å². The second-order valence-electron chi connectivity index (χ2n) is 7.71. The molecule has 4 rings (SSSR count). The van der Waals surface area contributed by atoms with E-state index in [0.717, 1.165) is 5.56 Å². The average Bonchev–Trinajstić information content (AvgIpc) is 3.27. The van der Waals surface area contributed by atoms with Crippen LogP contribution in [0.2, 0.25) is 0 Å². The van der Waals surface area contributed by atoms with Gasteiger partial charge in [0.1, 0.15) is 17.3 Å². The van der Waals surface area contributed by atoms with Crippen LogP contribution in [0.4, 0.5) is 10.1 Å². The van der Waals surface area contributed by atoms with Crippen molar-refractivity contribution in [2.24, 2.45) is 0 Å². The summed E-state index contributed by atoms with van der Waals surface area (Å²) in [7, 11) is -3.77. The molecule has 1 aliphatic rings. The number of carbonyl (C=O) groups is 1. The second kappa shape index (κ2) is 9.82. The maximum Gasteiger partial charge on any atom is 0.265 e. The fraction of sp³-hybridized carbons (Fsp3) is 0.240. The molecule has 0 fully saturated rings.